The van der Waals surface area contributed by atoms with Crippen molar-refractivity contribution in [3.8, 4) is 11.3 Å². The molecule has 1 N–H and O–H groups in total. The zero-order valence-corrected chi connectivity index (χ0v) is 16.8. The number of aromatic nitrogens is 1. The van der Waals surface area contributed by atoms with Crippen molar-refractivity contribution in [1.82, 2.24) is 9.88 Å². The fourth-order valence-corrected chi connectivity index (χ4v) is 5.04. The first-order valence-electron chi connectivity index (χ1n) is 10.4. The number of nitrogens with one attached hydrogen (secondary N) is 1. The molecule has 0 unspecified atom stereocenters. The van der Waals surface area contributed by atoms with Crippen molar-refractivity contribution in [2.45, 2.75) is 57.3 Å². The van der Waals surface area contributed by atoms with Crippen LogP contribution in [0.1, 0.15) is 62.8 Å². The molecule has 2 aromatic rings. The van der Waals surface area contributed by atoms with Crippen LogP contribution < -0.4 is 5.32 Å². The van der Waals surface area contributed by atoms with Crippen LogP contribution in [-0.2, 0) is 4.79 Å². The second-order valence-electron chi connectivity index (χ2n) is 7.88. The summed E-state index contributed by atoms with van der Waals surface area (Å²) in [6.07, 6.45) is 10.4. The van der Waals surface area contributed by atoms with Crippen LogP contribution in [-0.4, -0.2) is 35.4 Å². The van der Waals surface area contributed by atoms with Gasteiger partial charge in [0.15, 0.2) is 5.13 Å². The van der Waals surface area contributed by atoms with E-state index in [1.165, 1.54) is 68.3 Å². The Morgan fingerprint density at radius 1 is 1.04 bits per heavy atom. The molecule has 5 heteroatoms. The molecule has 4 rings (SSSR count). The van der Waals surface area contributed by atoms with Crippen molar-refractivity contribution < 1.29 is 4.79 Å². The third-order valence-electron chi connectivity index (χ3n) is 5.85. The Morgan fingerprint density at radius 3 is 2.48 bits per heavy atom. The number of carbonyl (C=O) groups is 1. The molecule has 1 aromatic carbocycles. The van der Waals surface area contributed by atoms with E-state index >= 15 is 0 Å². The van der Waals surface area contributed by atoms with Gasteiger partial charge in [-0.05, 0) is 50.3 Å². The lowest BCUT2D eigenvalue weighted by Crippen LogP contribution is -2.36. The zero-order chi connectivity index (χ0) is 18.5. The Kier molecular flexibility index (Phi) is 6.20. The van der Waals surface area contributed by atoms with Crippen LogP contribution in [0.4, 0.5) is 5.13 Å². The van der Waals surface area contributed by atoms with Gasteiger partial charge in [0.1, 0.15) is 0 Å². The summed E-state index contributed by atoms with van der Waals surface area (Å²) in [5.74, 6) is 0.776. The highest BCUT2D eigenvalue weighted by molar-refractivity contribution is 7.14. The minimum Gasteiger partial charge on any atom is -0.301 e. The Hall–Kier alpha value is -1.72. The molecule has 1 aliphatic carbocycles. The number of rotatable bonds is 5. The molecule has 0 radical (unpaired) electrons. The third-order valence-corrected chi connectivity index (χ3v) is 6.61. The number of thiazole rings is 1. The van der Waals surface area contributed by atoms with E-state index in [-0.39, 0.29) is 5.91 Å². The predicted molar refractivity (Wildman–Crippen MR) is 112 cm³/mol. The second kappa shape index (κ2) is 8.98. The summed E-state index contributed by atoms with van der Waals surface area (Å²) < 4.78 is 0. The number of piperidine rings is 1. The van der Waals surface area contributed by atoms with Gasteiger partial charge in [-0.15, -0.1) is 11.3 Å². The SMILES string of the molecule is O=C(CN1CCCCC1)Nc1nc(-c2ccc(C3CCCCC3)cc2)cs1. The molecule has 0 bridgehead atoms. The van der Waals surface area contributed by atoms with Crippen LogP contribution in [0, 0.1) is 0 Å². The molecule has 0 spiro atoms. The van der Waals surface area contributed by atoms with Crippen molar-refractivity contribution in [2.75, 3.05) is 25.0 Å². The zero-order valence-electron chi connectivity index (χ0n) is 16.0. The summed E-state index contributed by atoms with van der Waals surface area (Å²) in [6, 6.07) is 8.88. The van der Waals surface area contributed by atoms with E-state index in [2.05, 4.69) is 39.5 Å². The van der Waals surface area contributed by atoms with E-state index in [1.807, 2.05) is 5.38 Å². The van der Waals surface area contributed by atoms with Crippen LogP contribution in [0.25, 0.3) is 11.3 Å². The van der Waals surface area contributed by atoms with E-state index in [9.17, 15) is 4.79 Å². The molecule has 27 heavy (non-hydrogen) atoms. The van der Waals surface area contributed by atoms with Crippen molar-refractivity contribution in [3.63, 3.8) is 0 Å². The Bertz CT molecular complexity index is 743. The molecule has 144 valence electrons. The summed E-state index contributed by atoms with van der Waals surface area (Å²) in [4.78, 5) is 19.1. The Labute approximate surface area is 166 Å². The quantitative estimate of drug-likeness (QED) is 0.764. The first kappa shape index (κ1) is 18.6. The van der Waals surface area contributed by atoms with Gasteiger partial charge in [-0.2, -0.15) is 0 Å². The maximum absolute atomic E-state index is 12.3. The third kappa shape index (κ3) is 4.96. The number of hydrogen-bond donors (Lipinski definition) is 1. The lowest BCUT2D eigenvalue weighted by molar-refractivity contribution is -0.117. The number of benzene rings is 1. The fourth-order valence-electron chi connectivity index (χ4n) is 4.31. The minimum atomic E-state index is 0.0467. The first-order valence-corrected chi connectivity index (χ1v) is 11.2. The highest BCUT2D eigenvalue weighted by Gasteiger charge is 2.17. The average molecular weight is 384 g/mol. The maximum Gasteiger partial charge on any atom is 0.240 e. The summed E-state index contributed by atoms with van der Waals surface area (Å²) in [5.41, 5.74) is 3.54. The summed E-state index contributed by atoms with van der Waals surface area (Å²) in [7, 11) is 0. The normalized spacial score (nSPS) is 19.1. The standard InChI is InChI=1S/C22H29N3OS/c26-21(15-25-13-5-2-6-14-25)24-22-23-20(16-27-22)19-11-9-18(10-12-19)17-7-3-1-4-8-17/h9-12,16-17H,1-8,13-15H2,(H,23,24,26). The van der Waals surface area contributed by atoms with Crippen molar-refractivity contribution >= 4 is 22.4 Å². The summed E-state index contributed by atoms with van der Waals surface area (Å²) >= 11 is 1.51. The van der Waals surface area contributed by atoms with E-state index in [0.717, 1.165) is 30.3 Å². The first-order chi connectivity index (χ1) is 13.3. The molecule has 1 saturated carbocycles. The molecular weight excluding hydrogens is 354 g/mol. The number of amides is 1. The van der Waals surface area contributed by atoms with Gasteiger partial charge in [-0.25, -0.2) is 4.98 Å². The molecule has 1 aliphatic heterocycles. The monoisotopic (exact) mass is 383 g/mol. The van der Waals surface area contributed by atoms with Crippen LogP contribution >= 0.6 is 11.3 Å². The van der Waals surface area contributed by atoms with Gasteiger partial charge in [0.05, 0.1) is 12.2 Å². The van der Waals surface area contributed by atoms with Gasteiger partial charge < -0.3 is 5.32 Å². The van der Waals surface area contributed by atoms with Crippen LogP contribution in [0.3, 0.4) is 0 Å². The molecular formula is C22H29N3OS. The van der Waals surface area contributed by atoms with Crippen LogP contribution in [0.5, 0.6) is 0 Å². The van der Waals surface area contributed by atoms with Crippen molar-refractivity contribution in [3.05, 3.63) is 35.2 Å². The smallest absolute Gasteiger partial charge is 0.240 e. The lowest BCUT2D eigenvalue weighted by Gasteiger charge is -2.25. The van der Waals surface area contributed by atoms with Crippen molar-refractivity contribution in [2.24, 2.45) is 0 Å². The van der Waals surface area contributed by atoms with Crippen LogP contribution in [0.2, 0.25) is 0 Å². The van der Waals surface area contributed by atoms with E-state index in [1.54, 1.807) is 0 Å². The van der Waals surface area contributed by atoms with Gasteiger partial charge >= 0.3 is 0 Å². The molecule has 0 atom stereocenters. The van der Waals surface area contributed by atoms with E-state index in [4.69, 9.17) is 0 Å². The molecule has 2 aliphatic rings. The summed E-state index contributed by atoms with van der Waals surface area (Å²) in [6.45, 7) is 2.54. The molecule has 4 nitrogen and oxygen atoms in total. The predicted octanol–water partition coefficient (Wildman–Crippen LogP) is 5.28. The Morgan fingerprint density at radius 2 is 1.74 bits per heavy atom. The topological polar surface area (TPSA) is 45.2 Å². The van der Waals surface area contributed by atoms with Crippen LogP contribution in [0.15, 0.2) is 29.6 Å². The van der Waals surface area contributed by atoms with Gasteiger partial charge in [0.25, 0.3) is 0 Å². The molecule has 1 saturated heterocycles. The molecule has 1 amide bonds. The molecule has 1 aromatic heterocycles. The second-order valence-corrected chi connectivity index (χ2v) is 8.74. The van der Waals surface area contributed by atoms with Gasteiger partial charge in [-0.3, -0.25) is 9.69 Å². The van der Waals surface area contributed by atoms with E-state index in [0.29, 0.717) is 11.7 Å². The Balaban J connectivity index is 1.34. The fraction of sp³-hybridized carbons (Fsp3) is 0.545. The number of likely N-dealkylation sites (tertiary alicyclic amines) is 1. The maximum atomic E-state index is 12.3. The minimum absolute atomic E-state index is 0.0467. The van der Waals surface area contributed by atoms with Gasteiger partial charge in [0.2, 0.25) is 5.91 Å². The highest BCUT2D eigenvalue weighted by Crippen LogP contribution is 2.34. The number of hydrogen-bond acceptors (Lipinski definition) is 4. The van der Waals surface area contributed by atoms with E-state index < -0.39 is 0 Å². The lowest BCUT2D eigenvalue weighted by atomic mass is 9.84. The number of carbonyl (C=O) groups excluding carboxylic acids is 1. The van der Waals surface area contributed by atoms with Gasteiger partial charge in [0, 0.05) is 10.9 Å². The number of nitrogens with zero attached hydrogens (tertiary/aromatic N) is 2. The van der Waals surface area contributed by atoms with Crippen molar-refractivity contribution in [1.29, 1.82) is 0 Å². The average Bonchev–Trinajstić information content (AvgIpc) is 3.18. The molecule has 2 fully saturated rings. The summed E-state index contributed by atoms with van der Waals surface area (Å²) in [5, 5.41) is 5.70. The largest absolute Gasteiger partial charge is 0.301 e. The highest BCUT2D eigenvalue weighted by atomic mass is 32.1. The molecule has 2 heterocycles. The van der Waals surface area contributed by atoms with Gasteiger partial charge in [-0.1, -0.05) is 49.9 Å². The number of anilines is 1.